The summed E-state index contributed by atoms with van der Waals surface area (Å²) in [7, 11) is 0. The quantitative estimate of drug-likeness (QED) is 0.655. The summed E-state index contributed by atoms with van der Waals surface area (Å²) in [6, 6.07) is -1.46. The van der Waals surface area contributed by atoms with Crippen LogP contribution in [0.5, 0.6) is 0 Å². The van der Waals surface area contributed by atoms with Crippen molar-refractivity contribution in [1.29, 1.82) is 0 Å². The number of alkyl halides is 4. The molecule has 0 amide bonds. The molecule has 0 spiro atoms. The first-order valence-electron chi connectivity index (χ1n) is 5.20. The summed E-state index contributed by atoms with van der Waals surface area (Å²) < 4.78 is 51.1. The molecular weight excluding hydrogens is 210 g/mol. The highest BCUT2D eigenvalue weighted by atomic mass is 19.4. The third-order valence-electron chi connectivity index (χ3n) is 2.57. The highest BCUT2D eigenvalue weighted by Crippen LogP contribution is 2.32. The third kappa shape index (κ3) is 3.97. The van der Waals surface area contributed by atoms with E-state index in [1.165, 1.54) is 18.7 Å². The summed E-state index contributed by atoms with van der Waals surface area (Å²) in [6.07, 6.45) is -2.83. The van der Waals surface area contributed by atoms with Gasteiger partial charge in [0.25, 0.3) is 0 Å². The molecule has 90 valence electrons. The van der Waals surface area contributed by atoms with Gasteiger partial charge in [0.1, 0.15) is 11.7 Å². The van der Waals surface area contributed by atoms with Gasteiger partial charge in [0.05, 0.1) is 0 Å². The Balaban J connectivity index is 2.66. The Hall–Kier alpha value is -0.320. The second-order valence-electron chi connectivity index (χ2n) is 4.74. The summed E-state index contributed by atoms with van der Waals surface area (Å²) in [4.78, 5) is 1.23. The molecule has 0 bridgehead atoms. The van der Waals surface area contributed by atoms with Gasteiger partial charge in [-0.25, -0.2) is 4.39 Å². The van der Waals surface area contributed by atoms with Crippen LogP contribution in [0, 0.1) is 0 Å². The number of halogens is 4. The smallest absolute Gasteiger partial charge is 0.289 e. The first-order valence-corrected chi connectivity index (χ1v) is 5.20. The molecule has 5 heteroatoms. The van der Waals surface area contributed by atoms with Gasteiger partial charge in [-0.2, -0.15) is 13.2 Å². The van der Waals surface area contributed by atoms with E-state index < -0.39 is 17.9 Å². The Morgan fingerprint density at radius 3 is 2.20 bits per heavy atom. The van der Waals surface area contributed by atoms with Crippen LogP contribution in [-0.4, -0.2) is 35.9 Å². The zero-order valence-electron chi connectivity index (χ0n) is 9.07. The number of nitrogens with zero attached hydrogens (tertiary/aromatic N) is 1. The lowest BCUT2D eigenvalue weighted by molar-refractivity contribution is -0.194. The van der Waals surface area contributed by atoms with E-state index in [1.807, 2.05) is 0 Å². The molecule has 1 unspecified atom stereocenters. The summed E-state index contributed by atoms with van der Waals surface area (Å²) in [5.74, 6) is 0. The maximum Gasteiger partial charge on any atom is 0.404 e. The Morgan fingerprint density at radius 1 is 1.13 bits per heavy atom. The molecule has 0 N–H and O–H groups in total. The summed E-state index contributed by atoms with van der Waals surface area (Å²) in [6.45, 7) is 2.83. The molecule has 1 rings (SSSR count). The van der Waals surface area contributed by atoms with Crippen LogP contribution in [0.4, 0.5) is 17.6 Å². The molecule has 0 radical (unpaired) electrons. The Bertz CT molecular complexity index is 206. The molecule has 0 aliphatic carbocycles. The molecule has 1 saturated heterocycles. The lowest BCUT2D eigenvalue weighted by Gasteiger charge is -2.38. The second-order valence-corrected chi connectivity index (χ2v) is 4.74. The molecular formula is C10H17F4N. The van der Waals surface area contributed by atoms with Crippen molar-refractivity contribution in [1.82, 2.24) is 4.90 Å². The predicted molar refractivity (Wildman–Crippen MR) is 50.5 cm³/mol. The summed E-state index contributed by atoms with van der Waals surface area (Å²) in [5, 5.41) is 0. The van der Waals surface area contributed by atoms with Crippen molar-refractivity contribution in [2.24, 2.45) is 0 Å². The van der Waals surface area contributed by atoms with Gasteiger partial charge in [0.15, 0.2) is 0 Å². The van der Waals surface area contributed by atoms with Crippen LogP contribution in [0.1, 0.15) is 33.1 Å². The number of rotatable bonds is 2. The zero-order chi connectivity index (χ0) is 11.7. The van der Waals surface area contributed by atoms with Gasteiger partial charge in [0.2, 0.25) is 0 Å². The molecule has 0 aromatic carbocycles. The fraction of sp³-hybridized carbons (Fsp3) is 1.00. The molecule has 0 saturated carbocycles. The molecule has 0 aromatic rings. The molecule has 15 heavy (non-hydrogen) atoms. The van der Waals surface area contributed by atoms with E-state index in [9.17, 15) is 17.6 Å². The molecule has 1 nitrogen and oxygen atoms in total. The van der Waals surface area contributed by atoms with Gasteiger partial charge in [-0.1, -0.05) is 6.42 Å². The van der Waals surface area contributed by atoms with Crippen molar-refractivity contribution in [3.8, 4) is 0 Å². The summed E-state index contributed by atoms with van der Waals surface area (Å²) in [5.41, 5.74) is -1.57. The van der Waals surface area contributed by atoms with Gasteiger partial charge in [-0.3, -0.25) is 4.90 Å². The van der Waals surface area contributed by atoms with E-state index in [4.69, 9.17) is 0 Å². The predicted octanol–water partition coefficient (Wildman–Crippen LogP) is 3.15. The van der Waals surface area contributed by atoms with E-state index in [-0.39, 0.29) is 13.0 Å². The maximum atomic E-state index is 13.3. The highest BCUT2D eigenvalue weighted by molar-refractivity contribution is 4.86. The van der Waals surface area contributed by atoms with E-state index >= 15 is 0 Å². The second kappa shape index (κ2) is 4.28. The number of hydrogen-bond donors (Lipinski definition) is 0. The fourth-order valence-electron chi connectivity index (χ4n) is 2.03. The molecule has 1 atom stereocenters. The van der Waals surface area contributed by atoms with Gasteiger partial charge in [0, 0.05) is 6.54 Å². The minimum Gasteiger partial charge on any atom is -0.289 e. The largest absolute Gasteiger partial charge is 0.404 e. The molecule has 1 aliphatic heterocycles. The maximum absolute atomic E-state index is 13.3. The van der Waals surface area contributed by atoms with Gasteiger partial charge in [-0.05, 0) is 33.2 Å². The normalized spacial score (nSPS) is 25.6. The standard InChI is InChI=1S/C10H17F4N/c1-9(2,11)7-15-6-4-3-5-8(15)10(12,13)14/h8H,3-7H2,1-2H3. The highest BCUT2D eigenvalue weighted by Gasteiger charge is 2.45. The lowest BCUT2D eigenvalue weighted by atomic mass is 9.99. The SMILES string of the molecule is CC(C)(F)CN1CCCCC1C(F)(F)F. The Morgan fingerprint density at radius 2 is 1.73 bits per heavy atom. The van der Waals surface area contributed by atoms with Crippen molar-refractivity contribution in [3.05, 3.63) is 0 Å². The monoisotopic (exact) mass is 227 g/mol. The topological polar surface area (TPSA) is 3.24 Å². The van der Waals surface area contributed by atoms with Crippen LogP contribution < -0.4 is 0 Å². The first kappa shape index (κ1) is 12.7. The van der Waals surface area contributed by atoms with E-state index in [0.29, 0.717) is 13.0 Å². The number of piperidine rings is 1. The van der Waals surface area contributed by atoms with Crippen molar-refractivity contribution >= 4 is 0 Å². The van der Waals surface area contributed by atoms with E-state index in [0.717, 1.165) is 6.42 Å². The average Bonchev–Trinajstić information content (AvgIpc) is 1.99. The molecule has 1 aliphatic rings. The number of likely N-dealkylation sites (tertiary alicyclic amines) is 1. The van der Waals surface area contributed by atoms with Crippen LogP contribution in [0.2, 0.25) is 0 Å². The van der Waals surface area contributed by atoms with Crippen LogP contribution in [0.15, 0.2) is 0 Å². The third-order valence-corrected chi connectivity index (χ3v) is 2.57. The summed E-state index contributed by atoms with van der Waals surface area (Å²) >= 11 is 0. The molecule has 0 aromatic heterocycles. The minimum atomic E-state index is -4.23. The Labute approximate surface area is 87.4 Å². The average molecular weight is 227 g/mol. The minimum absolute atomic E-state index is 0.0968. The van der Waals surface area contributed by atoms with Crippen molar-refractivity contribution in [2.45, 2.75) is 51.0 Å². The fourth-order valence-corrected chi connectivity index (χ4v) is 2.03. The van der Waals surface area contributed by atoms with Gasteiger partial charge >= 0.3 is 6.18 Å². The lowest BCUT2D eigenvalue weighted by Crippen LogP contribution is -2.52. The first-order chi connectivity index (χ1) is 6.70. The van der Waals surface area contributed by atoms with Gasteiger partial charge in [-0.15, -0.1) is 0 Å². The van der Waals surface area contributed by atoms with E-state index in [1.54, 1.807) is 0 Å². The van der Waals surface area contributed by atoms with Crippen LogP contribution >= 0.6 is 0 Å². The van der Waals surface area contributed by atoms with Crippen LogP contribution in [0.25, 0.3) is 0 Å². The van der Waals surface area contributed by atoms with E-state index in [2.05, 4.69) is 0 Å². The molecule has 1 heterocycles. The van der Waals surface area contributed by atoms with Crippen LogP contribution in [-0.2, 0) is 0 Å². The Kier molecular flexibility index (Phi) is 3.63. The molecule has 1 fully saturated rings. The zero-order valence-corrected chi connectivity index (χ0v) is 9.07. The van der Waals surface area contributed by atoms with Crippen LogP contribution in [0.3, 0.4) is 0 Å². The van der Waals surface area contributed by atoms with Gasteiger partial charge < -0.3 is 0 Å². The van der Waals surface area contributed by atoms with Crippen molar-refractivity contribution < 1.29 is 17.6 Å². The number of hydrogen-bond acceptors (Lipinski definition) is 1. The van der Waals surface area contributed by atoms with Crippen molar-refractivity contribution in [2.75, 3.05) is 13.1 Å². The van der Waals surface area contributed by atoms with Crippen molar-refractivity contribution in [3.63, 3.8) is 0 Å².